The summed E-state index contributed by atoms with van der Waals surface area (Å²) in [7, 11) is 2.13. The Kier molecular flexibility index (Phi) is 2.98. The van der Waals surface area contributed by atoms with Crippen LogP contribution in [0.1, 0.15) is 18.9 Å². The number of benzene rings is 1. The normalized spacial score (nSPS) is 24.9. The Morgan fingerprint density at radius 2 is 2.06 bits per heavy atom. The van der Waals surface area contributed by atoms with E-state index < -0.39 is 0 Å². The molecule has 2 unspecified atom stereocenters. The number of hydrogen-bond donors (Lipinski definition) is 0. The van der Waals surface area contributed by atoms with Gasteiger partial charge in [0.25, 0.3) is 0 Å². The van der Waals surface area contributed by atoms with E-state index in [0.717, 1.165) is 25.1 Å². The predicted octanol–water partition coefficient (Wildman–Crippen LogP) is 2.42. The van der Waals surface area contributed by atoms with Crippen LogP contribution in [0.15, 0.2) is 30.3 Å². The lowest BCUT2D eigenvalue weighted by Crippen LogP contribution is -2.32. The van der Waals surface area contributed by atoms with E-state index in [1.54, 1.807) is 0 Å². The first-order valence-electron chi connectivity index (χ1n) is 5.82. The SMILES string of the molecule is CN1CCC(C(C)(C#N)c2ccccc2)C1. The molecule has 0 radical (unpaired) electrons. The predicted molar refractivity (Wildman–Crippen MR) is 65.0 cm³/mol. The van der Waals surface area contributed by atoms with Crippen LogP contribution in [-0.4, -0.2) is 25.0 Å². The largest absolute Gasteiger partial charge is 0.306 e. The van der Waals surface area contributed by atoms with Gasteiger partial charge in [0.2, 0.25) is 0 Å². The van der Waals surface area contributed by atoms with E-state index >= 15 is 0 Å². The van der Waals surface area contributed by atoms with Crippen molar-refractivity contribution >= 4 is 0 Å². The van der Waals surface area contributed by atoms with Crippen molar-refractivity contribution < 1.29 is 0 Å². The Morgan fingerprint density at radius 1 is 1.38 bits per heavy atom. The van der Waals surface area contributed by atoms with E-state index in [-0.39, 0.29) is 5.41 Å². The third kappa shape index (κ3) is 1.83. The molecule has 2 nitrogen and oxygen atoms in total. The van der Waals surface area contributed by atoms with Gasteiger partial charge in [-0.1, -0.05) is 30.3 Å². The van der Waals surface area contributed by atoms with E-state index in [1.807, 2.05) is 18.2 Å². The minimum absolute atomic E-state index is 0.341. The molecule has 2 rings (SSSR count). The first-order valence-corrected chi connectivity index (χ1v) is 5.82. The smallest absolute Gasteiger partial charge is 0.0835 e. The molecule has 2 heteroatoms. The third-order valence-corrected chi connectivity index (χ3v) is 3.81. The summed E-state index contributed by atoms with van der Waals surface area (Å²) < 4.78 is 0. The van der Waals surface area contributed by atoms with E-state index in [4.69, 9.17) is 0 Å². The number of hydrogen-bond acceptors (Lipinski definition) is 2. The highest BCUT2D eigenvalue weighted by molar-refractivity contribution is 5.32. The molecule has 1 heterocycles. The molecule has 0 aliphatic carbocycles. The van der Waals surface area contributed by atoms with Crippen molar-refractivity contribution in [2.75, 3.05) is 20.1 Å². The molecule has 0 saturated carbocycles. The molecule has 1 aliphatic rings. The topological polar surface area (TPSA) is 27.0 Å². The van der Waals surface area contributed by atoms with Crippen molar-refractivity contribution in [1.82, 2.24) is 4.90 Å². The van der Waals surface area contributed by atoms with E-state index in [0.29, 0.717) is 5.92 Å². The Hall–Kier alpha value is -1.33. The average Bonchev–Trinajstić information content (AvgIpc) is 2.76. The fraction of sp³-hybridized carbons (Fsp3) is 0.500. The zero-order chi connectivity index (χ0) is 11.6. The molecule has 84 valence electrons. The van der Waals surface area contributed by atoms with Gasteiger partial charge in [0, 0.05) is 6.54 Å². The molecule has 0 aromatic heterocycles. The van der Waals surface area contributed by atoms with E-state index in [2.05, 4.69) is 37.1 Å². The maximum atomic E-state index is 9.52. The van der Waals surface area contributed by atoms with Crippen LogP contribution in [0.5, 0.6) is 0 Å². The Labute approximate surface area is 97.5 Å². The minimum atomic E-state index is -0.341. The lowest BCUT2D eigenvalue weighted by molar-refractivity contribution is 0.340. The minimum Gasteiger partial charge on any atom is -0.306 e. The number of nitriles is 1. The van der Waals surface area contributed by atoms with Gasteiger partial charge in [0.15, 0.2) is 0 Å². The summed E-state index contributed by atoms with van der Waals surface area (Å²) in [5.41, 5.74) is 0.809. The number of likely N-dealkylation sites (tertiary alicyclic amines) is 1. The fourth-order valence-corrected chi connectivity index (χ4v) is 2.58. The molecule has 1 aromatic carbocycles. The second-order valence-corrected chi connectivity index (χ2v) is 4.93. The van der Waals surface area contributed by atoms with Crippen LogP contribution < -0.4 is 0 Å². The molecule has 0 bridgehead atoms. The van der Waals surface area contributed by atoms with Gasteiger partial charge in [0.05, 0.1) is 11.5 Å². The highest BCUT2D eigenvalue weighted by Gasteiger charge is 2.39. The van der Waals surface area contributed by atoms with Gasteiger partial charge in [-0.3, -0.25) is 0 Å². The van der Waals surface area contributed by atoms with Crippen molar-refractivity contribution in [3.8, 4) is 6.07 Å². The fourth-order valence-electron chi connectivity index (χ4n) is 2.58. The van der Waals surface area contributed by atoms with Crippen LogP contribution in [-0.2, 0) is 5.41 Å². The molecule has 0 N–H and O–H groups in total. The molecule has 1 aliphatic heterocycles. The maximum absolute atomic E-state index is 9.52. The van der Waals surface area contributed by atoms with Crippen LogP contribution in [0.4, 0.5) is 0 Å². The number of rotatable bonds is 2. The molecule has 2 atom stereocenters. The summed E-state index contributed by atoms with van der Waals surface area (Å²) in [6, 6.07) is 12.7. The molecule has 0 spiro atoms. The van der Waals surface area contributed by atoms with Gasteiger partial charge < -0.3 is 4.90 Å². The van der Waals surface area contributed by atoms with E-state index in [1.165, 1.54) is 0 Å². The van der Waals surface area contributed by atoms with Gasteiger partial charge >= 0.3 is 0 Å². The number of nitrogens with zero attached hydrogens (tertiary/aromatic N) is 2. The monoisotopic (exact) mass is 214 g/mol. The van der Waals surface area contributed by atoms with Crippen LogP contribution in [0.2, 0.25) is 0 Å². The zero-order valence-electron chi connectivity index (χ0n) is 9.98. The quantitative estimate of drug-likeness (QED) is 0.756. The first-order chi connectivity index (χ1) is 7.66. The summed E-state index contributed by atoms with van der Waals surface area (Å²) in [5, 5.41) is 9.52. The summed E-state index contributed by atoms with van der Waals surface area (Å²) >= 11 is 0. The van der Waals surface area contributed by atoms with Crippen molar-refractivity contribution in [2.24, 2.45) is 5.92 Å². The van der Waals surface area contributed by atoms with Gasteiger partial charge in [-0.05, 0) is 38.4 Å². The second kappa shape index (κ2) is 4.27. The van der Waals surface area contributed by atoms with Gasteiger partial charge in [0.1, 0.15) is 0 Å². The zero-order valence-corrected chi connectivity index (χ0v) is 9.98. The van der Waals surface area contributed by atoms with Gasteiger partial charge in [-0.2, -0.15) is 5.26 Å². The highest BCUT2D eigenvalue weighted by Crippen LogP contribution is 2.36. The summed E-state index contributed by atoms with van der Waals surface area (Å²) in [5.74, 6) is 0.449. The van der Waals surface area contributed by atoms with Crippen molar-refractivity contribution in [1.29, 1.82) is 5.26 Å². The lowest BCUT2D eigenvalue weighted by atomic mass is 9.72. The average molecular weight is 214 g/mol. The van der Waals surface area contributed by atoms with Gasteiger partial charge in [-0.25, -0.2) is 0 Å². The molecule has 0 amide bonds. The van der Waals surface area contributed by atoms with Crippen LogP contribution in [0.25, 0.3) is 0 Å². The molecule has 1 saturated heterocycles. The third-order valence-electron chi connectivity index (χ3n) is 3.81. The molecule has 1 fully saturated rings. The van der Waals surface area contributed by atoms with Crippen LogP contribution in [0, 0.1) is 17.2 Å². The summed E-state index contributed by atoms with van der Waals surface area (Å²) in [4.78, 5) is 2.31. The van der Waals surface area contributed by atoms with Crippen molar-refractivity contribution in [2.45, 2.75) is 18.8 Å². The second-order valence-electron chi connectivity index (χ2n) is 4.93. The van der Waals surface area contributed by atoms with Crippen LogP contribution >= 0.6 is 0 Å². The maximum Gasteiger partial charge on any atom is 0.0835 e. The standard InChI is InChI=1S/C14H18N2/c1-14(11-15,12-6-4-3-5-7-12)13-8-9-16(2)10-13/h3-7,13H,8-10H2,1-2H3. The van der Waals surface area contributed by atoms with Crippen LogP contribution in [0.3, 0.4) is 0 Å². The van der Waals surface area contributed by atoms with Crippen molar-refractivity contribution in [3.05, 3.63) is 35.9 Å². The first kappa shape index (κ1) is 11.2. The highest BCUT2D eigenvalue weighted by atomic mass is 15.1. The lowest BCUT2D eigenvalue weighted by Gasteiger charge is -2.29. The Balaban J connectivity index is 2.30. The molecular formula is C14H18N2. The molecule has 1 aromatic rings. The Bertz CT molecular complexity index is 393. The van der Waals surface area contributed by atoms with Gasteiger partial charge in [-0.15, -0.1) is 0 Å². The van der Waals surface area contributed by atoms with E-state index in [9.17, 15) is 5.26 Å². The molecule has 16 heavy (non-hydrogen) atoms. The Morgan fingerprint density at radius 3 is 2.56 bits per heavy atom. The summed E-state index contributed by atoms with van der Waals surface area (Å²) in [6.07, 6.45) is 1.12. The summed E-state index contributed by atoms with van der Waals surface area (Å²) in [6.45, 7) is 4.21. The molecular weight excluding hydrogens is 196 g/mol. The van der Waals surface area contributed by atoms with Crippen molar-refractivity contribution in [3.63, 3.8) is 0 Å².